The molecule has 0 aliphatic heterocycles. The van der Waals surface area contributed by atoms with Gasteiger partial charge in [-0.05, 0) is 62.4 Å². The van der Waals surface area contributed by atoms with Gasteiger partial charge in [0, 0.05) is 28.6 Å². The van der Waals surface area contributed by atoms with Crippen LogP contribution >= 0.6 is 0 Å². The van der Waals surface area contributed by atoms with Crippen molar-refractivity contribution in [2.24, 2.45) is 0 Å². The van der Waals surface area contributed by atoms with Crippen molar-refractivity contribution in [2.45, 2.75) is 44.8 Å². The molecule has 2 N–H and O–H groups in total. The van der Waals surface area contributed by atoms with E-state index in [-0.39, 0.29) is 12.1 Å². The van der Waals surface area contributed by atoms with Crippen LogP contribution in [0.15, 0.2) is 67.0 Å². The third-order valence-electron chi connectivity index (χ3n) is 7.06. The summed E-state index contributed by atoms with van der Waals surface area (Å²) in [5, 5.41) is 30.0. The van der Waals surface area contributed by atoms with Gasteiger partial charge in [-0.2, -0.15) is 10.4 Å². The predicted octanol–water partition coefficient (Wildman–Crippen LogP) is 5.53. The Balaban J connectivity index is 1.42. The molecule has 0 unspecified atom stereocenters. The summed E-state index contributed by atoms with van der Waals surface area (Å²) in [4.78, 5) is 9.10. The summed E-state index contributed by atoms with van der Waals surface area (Å²) in [5.41, 5.74) is 6.83. The van der Waals surface area contributed by atoms with Crippen LogP contribution in [0.4, 0.5) is 5.69 Å². The van der Waals surface area contributed by atoms with Crippen LogP contribution in [-0.2, 0) is 0 Å². The van der Waals surface area contributed by atoms with Crippen molar-refractivity contribution >= 4 is 27.5 Å². The molecule has 0 amide bonds. The molecule has 0 saturated heterocycles. The van der Waals surface area contributed by atoms with Crippen LogP contribution in [0.25, 0.3) is 38.6 Å². The number of aliphatic hydroxyl groups excluding tert-OH is 1. The van der Waals surface area contributed by atoms with E-state index < -0.39 is 0 Å². The van der Waals surface area contributed by atoms with E-state index in [1.807, 2.05) is 48.1 Å². The number of para-hydroxylation sites is 1. The average molecular weight is 475 g/mol. The standard InChI is InChI=1S/C29H26N6O/c1-18-29-24(20-13-19-5-2-3-7-25(19)31-16-20)6-4-8-28(29)35(34-18)22-14-26(27(15-30)32-17-22)33-21-9-11-23(36)12-10-21/h2-8,13-14,16-17,21,23,33,36H,9-12H2,1H3. The van der Waals surface area contributed by atoms with Crippen LogP contribution in [0.1, 0.15) is 37.1 Å². The van der Waals surface area contributed by atoms with Crippen molar-refractivity contribution in [3.8, 4) is 22.9 Å². The Bertz CT molecular complexity index is 1620. The van der Waals surface area contributed by atoms with E-state index in [9.17, 15) is 10.4 Å². The molecule has 0 atom stereocenters. The van der Waals surface area contributed by atoms with Crippen molar-refractivity contribution in [2.75, 3.05) is 5.32 Å². The number of fused-ring (bicyclic) bond motifs is 2. The number of anilines is 1. The average Bonchev–Trinajstić information content (AvgIpc) is 3.26. The van der Waals surface area contributed by atoms with Gasteiger partial charge in [-0.15, -0.1) is 0 Å². The second kappa shape index (κ2) is 9.06. The summed E-state index contributed by atoms with van der Waals surface area (Å²) in [5.74, 6) is 0. The molecule has 3 heterocycles. The highest BCUT2D eigenvalue weighted by molar-refractivity contribution is 5.99. The fourth-order valence-electron chi connectivity index (χ4n) is 5.22. The van der Waals surface area contributed by atoms with Crippen LogP contribution in [0, 0.1) is 18.3 Å². The monoisotopic (exact) mass is 474 g/mol. The Labute approximate surface area is 209 Å². The number of aliphatic hydroxyl groups is 1. The SMILES string of the molecule is Cc1nn(-c2cnc(C#N)c(NC3CCC(O)CC3)c2)c2cccc(-c3cnc4ccccc4c3)c12. The van der Waals surface area contributed by atoms with Gasteiger partial charge in [0.15, 0.2) is 5.69 Å². The van der Waals surface area contributed by atoms with Gasteiger partial charge in [0.2, 0.25) is 0 Å². The van der Waals surface area contributed by atoms with Crippen LogP contribution in [0.3, 0.4) is 0 Å². The molecule has 1 aliphatic rings. The van der Waals surface area contributed by atoms with E-state index in [0.29, 0.717) is 11.4 Å². The number of rotatable bonds is 4. The van der Waals surface area contributed by atoms with Gasteiger partial charge in [0.05, 0.1) is 40.4 Å². The summed E-state index contributed by atoms with van der Waals surface area (Å²) in [7, 11) is 0. The zero-order valence-electron chi connectivity index (χ0n) is 20.0. The lowest BCUT2D eigenvalue weighted by atomic mass is 9.93. The zero-order chi connectivity index (χ0) is 24.6. The summed E-state index contributed by atoms with van der Waals surface area (Å²) >= 11 is 0. The summed E-state index contributed by atoms with van der Waals surface area (Å²) in [6, 6.07) is 20.8. The molecule has 0 radical (unpaired) electrons. The lowest BCUT2D eigenvalue weighted by Crippen LogP contribution is -2.28. The molecule has 0 bridgehead atoms. The van der Waals surface area contributed by atoms with Crippen LogP contribution in [0.2, 0.25) is 0 Å². The van der Waals surface area contributed by atoms with Gasteiger partial charge >= 0.3 is 0 Å². The number of nitrogens with one attached hydrogen (secondary N) is 1. The molecule has 1 fully saturated rings. The number of nitriles is 1. The molecule has 7 nitrogen and oxygen atoms in total. The second-order valence-corrected chi connectivity index (χ2v) is 9.46. The van der Waals surface area contributed by atoms with E-state index in [1.54, 1.807) is 6.20 Å². The number of pyridine rings is 2. The zero-order valence-corrected chi connectivity index (χ0v) is 20.0. The second-order valence-electron chi connectivity index (χ2n) is 9.46. The number of aromatic nitrogens is 4. The molecular weight excluding hydrogens is 448 g/mol. The van der Waals surface area contributed by atoms with Crippen molar-refractivity contribution in [1.82, 2.24) is 19.7 Å². The largest absolute Gasteiger partial charge is 0.393 e. The molecule has 6 rings (SSSR count). The third-order valence-corrected chi connectivity index (χ3v) is 7.06. The first kappa shape index (κ1) is 22.2. The van der Waals surface area contributed by atoms with Gasteiger partial charge in [0.25, 0.3) is 0 Å². The van der Waals surface area contributed by atoms with E-state index in [4.69, 9.17) is 5.10 Å². The van der Waals surface area contributed by atoms with Gasteiger partial charge < -0.3 is 10.4 Å². The Kier molecular flexibility index (Phi) is 5.59. The first-order valence-corrected chi connectivity index (χ1v) is 12.3. The first-order valence-electron chi connectivity index (χ1n) is 12.3. The predicted molar refractivity (Wildman–Crippen MR) is 141 cm³/mol. The third kappa shape index (κ3) is 3.96. The molecule has 36 heavy (non-hydrogen) atoms. The Hall–Kier alpha value is -4.28. The highest BCUT2D eigenvalue weighted by Gasteiger charge is 2.21. The molecule has 178 valence electrons. The van der Waals surface area contributed by atoms with Crippen molar-refractivity contribution < 1.29 is 5.11 Å². The summed E-state index contributed by atoms with van der Waals surface area (Å²) in [6.45, 7) is 2.01. The van der Waals surface area contributed by atoms with Crippen molar-refractivity contribution in [3.63, 3.8) is 0 Å². The van der Waals surface area contributed by atoms with Crippen LogP contribution in [0.5, 0.6) is 0 Å². The molecule has 5 aromatic rings. The molecule has 3 aromatic heterocycles. The first-order chi connectivity index (χ1) is 17.6. The highest BCUT2D eigenvalue weighted by atomic mass is 16.3. The molecule has 1 aliphatic carbocycles. The van der Waals surface area contributed by atoms with Crippen molar-refractivity contribution in [3.05, 3.63) is 78.4 Å². The van der Waals surface area contributed by atoms with E-state index >= 15 is 0 Å². The van der Waals surface area contributed by atoms with Crippen molar-refractivity contribution in [1.29, 1.82) is 5.26 Å². The van der Waals surface area contributed by atoms with Gasteiger partial charge in [-0.1, -0.05) is 30.3 Å². The maximum atomic E-state index is 9.84. The molecular formula is C29H26N6O. The lowest BCUT2D eigenvalue weighted by molar-refractivity contribution is 0.126. The quantitative estimate of drug-likeness (QED) is 0.355. The normalized spacial score (nSPS) is 17.8. The smallest absolute Gasteiger partial charge is 0.163 e. The highest BCUT2D eigenvalue weighted by Crippen LogP contribution is 2.34. The Morgan fingerprint density at radius 2 is 1.83 bits per heavy atom. The molecule has 0 spiro atoms. The molecule has 1 saturated carbocycles. The maximum Gasteiger partial charge on any atom is 0.163 e. The van der Waals surface area contributed by atoms with Gasteiger partial charge in [-0.3, -0.25) is 4.98 Å². The minimum absolute atomic E-state index is 0.209. The summed E-state index contributed by atoms with van der Waals surface area (Å²) < 4.78 is 1.90. The number of benzene rings is 2. The summed E-state index contributed by atoms with van der Waals surface area (Å²) in [6.07, 6.45) is 6.65. The minimum Gasteiger partial charge on any atom is -0.393 e. The maximum absolute atomic E-state index is 9.84. The van der Waals surface area contributed by atoms with Crippen LogP contribution in [-0.4, -0.2) is 37.0 Å². The minimum atomic E-state index is -0.228. The fraction of sp³-hybridized carbons (Fsp3) is 0.241. The number of nitrogens with zero attached hydrogens (tertiary/aromatic N) is 5. The number of hydrogen-bond donors (Lipinski definition) is 2. The Morgan fingerprint density at radius 3 is 2.67 bits per heavy atom. The van der Waals surface area contributed by atoms with Gasteiger partial charge in [0.1, 0.15) is 6.07 Å². The van der Waals surface area contributed by atoms with Gasteiger partial charge in [-0.25, -0.2) is 9.67 Å². The fourth-order valence-corrected chi connectivity index (χ4v) is 5.22. The molecule has 7 heteroatoms. The topological polar surface area (TPSA) is 99.7 Å². The van der Waals surface area contributed by atoms with E-state index in [0.717, 1.165) is 70.0 Å². The lowest BCUT2D eigenvalue weighted by Gasteiger charge is -2.27. The number of hydrogen-bond acceptors (Lipinski definition) is 6. The Morgan fingerprint density at radius 1 is 1.00 bits per heavy atom. The van der Waals surface area contributed by atoms with E-state index in [2.05, 4.69) is 45.6 Å². The van der Waals surface area contributed by atoms with Crippen LogP contribution < -0.4 is 5.32 Å². The number of aryl methyl sites for hydroxylation is 1. The molecule has 2 aromatic carbocycles. The van der Waals surface area contributed by atoms with E-state index in [1.165, 1.54) is 0 Å².